The average Bonchev–Trinajstić information content (AvgIpc) is 2.74. The van der Waals surface area contributed by atoms with Crippen LogP contribution in [0.1, 0.15) is 18.1 Å². The highest BCUT2D eigenvalue weighted by atomic mass is 127. The van der Waals surface area contributed by atoms with Crippen molar-refractivity contribution in [1.29, 1.82) is 0 Å². The van der Waals surface area contributed by atoms with Crippen LogP contribution in [0.4, 0.5) is 10.2 Å². The Morgan fingerprint density at radius 2 is 1.94 bits per heavy atom. The Bertz CT molecular complexity index is 1230. The molecule has 0 unspecified atom stereocenters. The summed E-state index contributed by atoms with van der Waals surface area (Å²) >= 11 is 9.49. The molecule has 2 N–H and O–H groups in total. The Balaban J connectivity index is 2.14. The Kier molecular flexibility index (Phi) is 7.97. The largest absolute Gasteiger partial charge is 0.380 e. The van der Waals surface area contributed by atoms with E-state index in [4.69, 9.17) is 16.3 Å². The fraction of sp³-hybridized carbons (Fsp3) is 0.263. The number of hydrogen-bond donors (Lipinski definition) is 2. The number of methoxy groups -OCH3 is 1. The van der Waals surface area contributed by atoms with Crippen LogP contribution in [0, 0.1) is 16.3 Å². The molecular weight excluding hydrogens is 578 g/mol. The Morgan fingerprint density at radius 1 is 1.26 bits per heavy atom. The van der Waals surface area contributed by atoms with Crippen molar-refractivity contribution >= 4 is 72.7 Å². The molecule has 3 rings (SSSR count). The first-order valence-corrected chi connectivity index (χ1v) is 13.0. The lowest BCUT2D eigenvalue weighted by atomic mass is 10.1. The number of fused-ring (bicyclic) bond motifs is 1. The summed E-state index contributed by atoms with van der Waals surface area (Å²) in [6.07, 6.45) is 0. The molecule has 0 saturated heterocycles. The molecule has 0 atom stereocenters. The van der Waals surface area contributed by atoms with Crippen LogP contribution in [-0.2, 0) is 21.4 Å². The Hall–Kier alpha value is -1.25. The maximum atomic E-state index is 15.1. The van der Waals surface area contributed by atoms with Gasteiger partial charge in [-0.25, -0.2) is 22.8 Å². The molecule has 0 fully saturated rings. The van der Waals surface area contributed by atoms with Crippen LogP contribution in [0.25, 0.3) is 10.9 Å². The first-order chi connectivity index (χ1) is 14.7. The molecule has 0 saturated carbocycles. The van der Waals surface area contributed by atoms with Gasteiger partial charge in [0.25, 0.3) is 10.0 Å². The summed E-state index contributed by atoms with van der Waals surface area (Å²) in [5, 5.41) is 0.709. The molecule has 1 aromatic heterocycles. The second kappa shape index (κ2) is 10.1. The number of ether oxygens (including phenoxy) is 1. The van der Waals surface area contributed by atoms with Crippen LogP contribution >= 0.6 is 46.0 Å². The zero-order valence-electron chi connectivity index (χ0n) is 16.8. The summed E-state index contributed by atoms with van der Waals surface area (Å²) in [6.45, 7) is 3.83. The van der Waals surface area contributed by atoms with Gasteiger partial charge in [0.1, 0.15) is 5.52 Å². The van der Waals surface area contributed by atoms with Crippen molar-refractivity contribution < 1.29 is 17.5 Å². The van der Waals surface area contributed by atoms with Crippen molar-refractivity contribution in [1.82, 2.24) is 14.8 Å². The van der Waals surface area contributed by atoms with Crippen molar-refractivity contribution in [2.75, 3.05) is 18.3 Å². The average molecular weight is 597 g/mol. The van der Waals surface area contributed by atoms with Gasteiger partial charge in [0.15, 0.2) is 16.8 Å². The fourth-order valence-corrected chi connectivity index (χ4v) is 5.01. The highest BCUT2D eigenvalue weighted by Gasteiger charge is 2.23. The minimum absolute atomic E-state index is 0.0313. The van der Waals surface area contributed by atoms with Crippen LogP contribution in [0.2, 0.25) is 5.02 Å². The summed E-state index contributed by atoms with van der Waals surface area (Å²) in [6, 6.07) is 6.37. The van der Waals surface area contributed by atoms with Crippen molar-refractivity contribution in [3.05, 3.63) is 49.8 Å². The molecule has 0 spiro atoms. The summed E-state index contributed by atoms with van der Waals surface area (Å²) < 4.78 is 45.9. The number of nitrogens with one attached hydrogen (secondary N) is 2. The van der Waals surface area contributed by atoms with Gasteiger partial charge in [-0.3, -0.25) is 5.43 Å². The van der Waals surface area contributed by atoms with Gasteiger partial charge in [-0.2, -0.15) is 0 Å². The van der Waals surface area contributed by atoms with Crippen molar-refractivity contribution in [3.8, 4) is 0 Å². The molecule has 12 heteroatoms. The Morgan fingerprint density at radius 3 is 2.55 bits per heavy atom. The van der Waals surface area contributed by atoms with E-state index in [1.807, 2.05) is 36.4 Å². The molecule has 0 radical (unpaired) electrons. The van der Waals surface area contributed by atoms with Gasteiger partial charge < -0.3 is 4.74 Å². The van der Waals surface area contributed by atoms with E-state index >= 15 is 4.39 Å². The summed E-state index contributed by atoms with van der Waals surface area (Å²) in [4.78, 5) is 11.1. The quantitative estimate of drug-likeness (QED) is 0.126. The van der Waals surface area contributed by atoms with Gasteiger partial charge in [-0.1, -0.05) is 48.0 Å². The number of anilines is 1. The van der Waals surface area contributed by atoms with Gasteiger partial charge in [-0.15, -0.1) is 4.83 Å². The predicted octanol–water partition coefficient (Wildman–Crippen LogP) is 4.90. The molecule has 0 amide bonds. The van der Waals surface area contributed by atoms with E-state index in [1.165, 1.54) is 31.0 Å². The molecule has 31 heavy (non-hydrogen) atoms. The lowest BCUT2D eigenvalue weighted by Crippen LogP contribution is -2.30. The van der Waals surface area contributed by atoms with E-state index < -0.39 is 15.8 Å². The third kappa shape index (κ3) is 5.22. The number of benzene rings is 2. The minimum atomic E-state index is -3.91. The number of aryl methyl sites for hydroxylation is 1. The van der Waals surface area contributed by atoms with E-state index in [9.17, 15) is 8.42 Å². The topological polar surface area (TPSA) is 93.2 Å². The first-order valence-electron chi connectivity index (χ1n) is 9.02. The number of halogens is 3. The van der Waals surface area contributed by atoms with Crippen molar-refractivity contribution in [2.45, 2.75) is 30.5 Å². The van der Waals surface area contributed by atoms with E-state index in [0.29, 0.717) is 16.5 Å². The summed E-state index contributed by atoms with van der Waals surface area (Å²) in [5.74, 6) is 0.128. The second-order valence-electron chi connectivity index (χ2n) is 6.41. The van der Waals surface area contributed by atoms with E-state index in [1.54, 1.807) is 12.1 Å². The third-order valence-corrected chi connectivity index (χ3v) is 7.99. The molecule has 3 aromatic rings. The standard InChI is InChI=1S/C19H19ClFIN4O3S2/c1-4-30-19-23-17-13(12(9-29-3)14(20)16(22)15(17)21)18(24-19)25-26-31(27,28)11-7-5-10(2)6-8-11/h5-8,26H,4,9H2,1-3H3,(H,23,24,25). The molecule has 2 aromatic carbocycles. The molecule has 166 valence electrons. The molecule has 0 aliphatic heterocycles. The van der Waals surface area contributed by atoms with Crippen molar-refractivity contribution in [3.63, 3.8) is 0 Å². The maximum Gasteiger partial charge on any atom is 0.257 e. The number of hydrazine groups is 1. The highest BCUT2D eigenvalue weighted by Crippen LogP contribution is 2.37. The van der Waals surface area contributed by atoms with Gasteiger partial charge in [0.05, 0.1) is 25.5 Å². The van der Waals surface area contributed by atoms with Crippen LogP contribution in [0.15, 0.2) is 34.3 Å². The SMILES string of the molecule is CCSc1nc(NNS(=O)(=O)c2ccc(C)cc2)c2c(COC)c(Cl)c(I)c(F)c2n1. The lowest BCUT2D eigenvalue weighted by Gasteiger charge is -2.17. The first kappa shape index (κ1) is 24.4. The number of thioether (sulfide) groups is 1. The van der Waals surface area contributed by atoms with E-state index in [0.717, 1.165) is 5.56 Å². The van der Waals surface area contributed by atoms with Gasteiger partial charge in [0, 0.05) is 12.7 Å². The molecule has 1 heterocycles. The molecule has 0 bridgehead atoms. The zero-order valence-corrected chi connectivity index (χ0v) is 21.3. The number of sulfonamides is 1. The van der Waals surface area contributed by atoms with E-state index in [2.05, 4.69) is 20.2 Å². The Labute approximate surface area is 202 Å². The number of rotatable bonds is 8. The molecule has 0 aliphatic rings. The molecular formula is C19H19ClFIN4O3S2. The monoisotopic (exact) mass is 596 g/mol. The van der Waals surface area contributed by atoms with Gasteiger partial charge >= 0.3 is 0 Å². The number of nitrogens with zero attached hydrogens (tertiary/aromatic N) is 2. The van der Waals surface area contributed by atoms with Crippen LogP contribution < -0.4 is 10.3 Å². The van der Waals surface area contributed by atoms with E-state index in [-0.39, 0.29) is 36.8 Å². The smallest absolute Gasteiger partial charge is 0.257 e. The minimum Gasteiger partial charge on any atom is -0.380 e. The normalized spacial score (nSPS) is 11.8. The predicted molar refractivity (Wildman–Crippen MR) is 129 cm³/mol. The van der Waals surface area contributed by atoms with Crippen LogP contribution in [0.3, 0.4) is 0 Å². The lowest BCUT2D eigenvalue weighted by molar-refractivity contribution is 0.186. The van der Waals surface area contributed by atoms with Crippen LogP contribution in [-0.4, -0.2) is 31.2 Å². The fourth-order valence-electron chi connectivity index (χ4n) is 2.78. The number of aromatic nitrogens is 2. The zero-order chi connectivity index (χ0) is 22.8. The van der Waals surface area contributed by atoms with Crippen LogP contribution in [0.5, 0.6) is 0 Å². The molecule has 7 nitrogen and oxygen atoms in total. The second-order valence-corrected chi connectivity index (χ2v) is 10.8. The molecule has 0 aliphatic carbocycles. The third-order valence-electron chi connectivity index (χ3n) is 4.25. The summed E-state index contributed by atoms with van der Waals surface area (Å²) in [5.41, 5.74) is 4.04. The number of hydrogen-bond acceptors (Lipinski definition) is 7. The van der Waals surface area contributed by atoms with Gasteiger partial charge in [-0.05, 0) is 47.4 Å². The summed E-state index contributed by atoms with van der Waals surface area (Å²) in [7, 11) is -2.43. The maximum absolute atomic E-state index is 15.1. The van der Waals surface area contributed by atoms with Crippen molar-refractivity contribution in [2.24, 2.45) is 0 Å². The van der Waals surface area contributed by atoms with Gasteiger partial charge in [0.2, 0.25) is 0 Å². The highest BCUT2D eigenvalue weighted by molar-refractivity contribution is 14.1.